The summed E-state index contributed by atoms with van der Waals surface area (Å²) in [7, 11) is 1.59. The maximum Gasteiger partial charge on any atom is 0.123 e. The number of methoxy groups -OCH3 is 1. The first-order chi connectivity index (χ1) is 6.06. The number of hydrogen-bond acceptors (Lipinski definition) is 2. The summed E-state index contributed by atoms with van der Waals surface area (Å²) in [5.74, 6) is -0.253. The first-order valence-electron chi connectivity index (χ1n) is 4.10. The molecule has 0 aliphatic rings. The van der Waals surface area contributed by atoms with Crippen LogP contribution < -0.4 is 5.73 Å². The quantitative estimate of drug-likeness (QED) is 0.773. The highest BCUT2D eigenvalue weighted by atomic mass is 19.1. The van der Waals surface area contributed by atoms with Gasteiger partial charge in [0.05, 0.1) is 12.1 Å². The summed E-state index contributed by atoms with van der Waals surface area (Å²) < 4.78 is 17.6. The smallest absolute Gasteiger partial charge is 0.123 e. The molecule has 1 aromatic carbocycles. The van der Waals surface area contributed by atoms with E-state index in [9.17, 15) is 4.39 Å². The van der Waals surface area contributed by atoms with Crippen LogP contribution >= 0.6 is 0 Å². The average molecular weight is 183 g/mol. The fourth-order valence-corrected chi connectivity index (χ4v) is 1.21. The summed E-state index contributed by atoms with van der Waals surface area (Å²) in [4.78, 5) is 0. The van der Waals surface area contributed by atoms with Gasteiger partial charge in [-0.2, -0.15) is 0 Å². The van der Waals surface area contributed by atoms with Crippen molar-refractivity contribution >= 4 is 0 Å². The van der Waals surface area contributed by atoms with Crippen LogP contribution in [0.25, 0.3) is 0 Å². The monoisotopic (exact) mass is 183 g/mol. The molecule has 72 valence electrons. The lowest BCUT2D eigenvalue weighted by Gasteiger charge is -2.23. The van der Waals surface area contributed by atoms with Gasteiger partial charge < -0.3 is 10.5 Å². The highest BCUT2D eigenvalue weighted by Crippen LogP contribution is 2.17. The van der Waals surface area contributed by atoms with E-state index in [2.05, 4.69) is 0 Å². The van der Waals surface area contributed by atoms with E-state index < -0.39 is 5.54 Å². The second kappa shape index (κ2) is 3.85. The Morgan fingerprint density at radius 3 is 2.38 bits per heavy atom. The van der Waals surface area contributed by atoms with Crippen molar-refractivity contribution in [1.82, 2.24) is 0 Å². The molecule has 0 saturated heterocycles. The Hall–Kier alpha value is -0.930. The zero-order valence-corrected chi connectivity index (χ0v) is 7.88. The van der Waals surface area contributed by atoms with Crippen LogP contribution in [0.3, 0.4) is 0 Å². The number of ether oxygens (including phenoxy) is 1. The van der Waals surface area contributed by atoms with Crippen molar-refractivity contribution in [3.63, 3.8) is 0 Å². The summed E-state index contributed by atoms with van der Waals surface area (Å²) in [6.45, 7) is 2.27. The molecule has 0 radical (unpaired) electrons. The molecule has 0 heterocycles. The fourth-order valence-electron chi connectivity index (χ4n) is 1.21. The molecule has 2 nitrogen and oxygen atoms in total. The van der Waals surface area contributed by atoms with Crippen LogP contribution in [0.1, 0.15) is 12.5 Å². The number of nitrogens with two attached hydrogens (primary N) is 1. The Morgan fingerprint density at radius 1 is 1.38 bits per heavy atom. The summed E-state index contributed by atoms with van der Waals surface area (Å²) in [5.41, 5.74) is 6.27. The van der Waals surface area contributed by atoms with Gasteiger partial charge in [-0.25, -0.2) is 4.39 Å². The van der Waals surface area contributed by atoms with E-state index in [0.717, 1.165) is 5.56 Å². The molecule has 0 aliphatic heterocycles. The summed E-state index contributed by atoms with van der Waals surface area (Å²) >= 11 is 0. The second-order valence-corrected chi connectivity index (χ2v) is 3.36. The van der Waals surface area contributed by atoms with Crippen molar-refractivity contribution in [2.45, 2.75) is 12.5 Å². The summed E-state index contributed by atoms with van der Waals surface area (Å²) in [5, 5.41) is 0. The van der Waals surface area contributed by atoms with Crippen molar-refractivity contribution in [1.29, 1.82) is 0 Å². The molecule has 0 aliphatic carbocycles. The van der Waals surface area contributed by atoms with E-state index in [4.69, 9.17) is 10.5 Å². The predicted molar refractivity (Wildman–Crippen MR) is 49.8 cm³/mol. The molecule has 2 N–H and O–H groups in total. The second-order valence-electron chi connectivity index (χ2n) is 3.36. The number of rotatable bonds is 3. The lowest BCUT2D eigenvalue weighted by Crippen LogP contribution is -2.37. The minimum atomic E-state index is -0.553. The molecule has 1 atom stereocenters. The van der Waals surface area contributed by atoms with Crippen molar-refractivity contribution < 1.29 is 9.13 Å². The van der Waals surface area contributed by atoms with Gasteiger partial charge in [0.15, 0.2) is 0 Å². The normalized spacial score (nSPS) is 15.4. The third-order valence-electron chi connectivity index (χ3n) is 1.95. The Bertz CT molecular complexity index is 269. The van der Waals surface area contributed by atoms with Gasteiger partial charge in [-0.1, -0.05) is 12.1 Å². The maximum absolute atomic E-state index is 12.6. The Balaban J connectivity index is 2.87. The van der Waals surface area contributed by atoms with Crippen LogP contribution in [0.5, 0.6) is 0 Å². The summed E-state index contributed by atoms with van der Waals surface area (Å²) in [6, 6.07) is 6.15. The zero-order chi connectivity index (χ0) is 9.90. The zero-order valence-electron chi connectivity index (χ0n) is 7.88. The lowest BCUT2D eigenvalue weighted by atomic mass is 9.94. The van der Waals surface area contributed by atoms with Gasteiger partial charge in [0, 0.05) is 7.11 Å². The summed E-state index contributed by atoms with van der Waals surface area (Å²) in [6.07, 6.45) is 0. The molecule has 1 unspecified atom stereocenters. The van der Waals surface area contributed by atoms with Crippen molar-refractivity contribution in [3.8, 4) is 0 Å². The molecule has 0 spiro atoms. The van der Waals surface area contributed by atoms with Crippen LogP contribution in [-0.2, 0) is 10.3 Å². The van der Waals surface area contributed by atoms with Crippen LogP contribution in [0.4, 0.5) is 4.39 Å². The fraction of sp³-hybridized carbons (Fsp3) is 0.400. The van der Waals surface area contributed by atoms with E-state index >= 15 is 0 Å². The van der Waals surface area contributed by atoms with Gasteiger partial charge >= 0.3 is 0 Å². The van der Waals surface area contributed by atoms with E-state index in [-0.39, 0.29) is 5.82 Å². The first kappa shape index (κ1) is 10.2. The van der Waals surface area contributed by atoms with Crippen LogP contribution in [0.15, 0.2) is 24.3 Å². The molecular formula is C10H14FNO. The molecule has 0 amide bonds. The molecule has 1 aromatic rings. The number of benzene rings is 1. The van der Waals surface area contributed by atoms with E-state index in [1.54, 1.807) is 19.2 Å². The van der Waals surface area contributed by atoms with Gasteiger partial charge in [0.25, 0.3) is 0 Å². The van der Waals surface area contributed by atoms with E-state index in [0.29, 0.717) is 6.61 Å². The Morgan fingerprint density at radius 2 is 1.92 bits per heavy atom. The molecule has 0 aromatic heterocycles. The molecule has 13 heavy (non-hydrogen) atoms. The lowest BCUT2D eigenvalue weighted by molar-refractivity contribution is 0.141. The van der Waals surface area contributed by atoms with Crippen LogP contribution in [0, 0.1) is 5.82 Å². The Kier molecular flexibility index (Phi) is 3.01. The van der Waals surface area contributed by atoms with Crippen LogP contribution in [0.2, 0.25) is 0 Å². The van der Waals surface area contributed by atoms with Gasteiger partial charge in [-0.05, 0) is 24.6 Å². The predicted octanol–water partition coefficient (Wildman–Crippen LogP) is 1.65. The average Bonchev–Trinajstić information content (AvgIpc) is 2.05. The van der Waals surface area contributed by atoms with Crippen molar-refractivity contribution in [3.05, 3.63) is 35.6 Å². The topological polar surface area (TPSA) is 35.2 Å². The van der Waals surface area contributed by atoms with E-state index in [1.165, 1.54) is 12.1 Å². The first-order valence-corrected chi connectivity index (χ1v) is 4.10. The van der Waals surface area contributed by atoms with Gasteiger partial charge in [0.2, 0.25) is 0 Å². The number of halogens is 1. The molecule has 1 rings (SSSR count). The minimum Gasteiger partial charge on any atom is -0.382 e. The van der Waals surface area contributed by atoms with Gasteiger partial charge in [-0.15, -0.1) is 0 Å². The standard InChI is InChI=1S/C10H14FNO/c1-10(12,7-13-2)8-3-5-9(11)6-4-8/h3-6H,7,12H2,1-2H3. The SMILES string of the molecule is COCC(C)(N)c1ccc(F)cc1. The van der Waals surface area contributed by atoms with Crippen molar-refractivity contribution in [2.75, 3.05) is 13.7 Å². The highest BCUT2D eigenvalue weighted by molar-refractivity contribution is 5.23. The highest BCUT2D eigenvalue weighted by Gasteiger charge is 2.20. The third-order valence-corrected chi connectivity index (χ3v) is 1.95. The van der Waals surface area contributed by atoms with Gasteiger partial charge in [0.1, 0.15) is 5.82 Å². The third kappa shape index (κ3) is 2.50. The molecule has 0 fully saturated rings. The minimum absolute atomic E-state index is 0.253. The molecular weight excluding hydrogens is 169 g/mol. The van der Waals surface area contributed by atoms with Crippen molar-refractivity contribution in [2.24, 2.45) is 5.73 Å². The van der Waals surface area contributed by atoms with Crippen LogP contribution in [-0.4, -0.2) is 13.7 Å². The molecule has 0 bridgehead atoms. The maximum atomic E-state index is 12.6. The Labute approximate surface area is 77.5 Å². The largest absolute Gasteiger partial charge is 0.382 e. The molecule has 3 heteroatoms. The molecule has 0 saturated carbocycles. The van der Waals surface area contributed by atoms with E-state index in [1.807, 2.05) is 6.92 Å². The number of hydrogen-bond donors (Lipinski definition) is 1. The van der Waals surface area contributed by atoms with Gasteiger partial charge in [-0.3, -0.25) is 0 Å².